The van der Waals surface area contributed by atoms with Crippen LogP contribution < -0.4 is 5.73 Å². The Bertz CT molecular complexity index is 400. The second-order valence-electron chi connectivity index (χ2n) is 3.77. The number of hydrogen-bond acceptors (Lipinski definition) is 4. The summed E-state index contributed by atoms with van der Waals surface area (Å²) in [6.07, 6.45) is 0.317. The molecule has 0 heterocycles. The van der Waals surface area contributed by atoms with Gasteiger partial charge in [0.1, 0.15) is 11.6 Å². The molecule has 0 aliphatic heterocycles. The molecule has 0 saturated carbocycles. The third-order valence-electron chi connectivity index (χ3n) is 2.38. The van der Waals surface area contributed by atoms with Crippen molar-refractivity contribution in [1.29, 1.82) is 0 Å². The lowest BCUT2D eigenvalue weighted by Gasteiger charge is -2.23. The monoisotopic (exact) mass is 275 g/mol. The van der Waals surface area contributed by atoms with Gasteiger partial charge in [-0.1, -0.05) is 12.1 Å². The first-order chi connectivity index (χ1) is 8.51. The van der Waals surface area contributed by atoms with E-state index >= 15 is 0 Å². The van der Waals surface area contributed by atoms with E-state index in [2.05, 4.69) is 0 Å². The third kappa shape index (κ3) is 4.18. The summed E-state index contributed by atoms with van der Waals surface area (Å²) < 4.78 is 35.4. The van der Waals surface area contributed by atoms with Gasteiger partial charge in [-0.2, -0.15) is 0 Å². The van der Waals surface area contributed by atoms with Crippen LogP contribution in [0.25, 0.3) is 0 Å². The highest BCUT2D eigenvalue weighted by molar-refractivity contribution is 7.54. The Morgan fingerprint density at radius 1 is 1.22 bits per heavy atom. The molecule has 1 aromatic rings. The molecule has 0 aromatic heterocycles. The van der Waals surface area contributed by atoms with Gasteiger partial charge in [-0.3, -0.25) is 4.57 Å². The molecule has 2 N–H and O–H groups in total. The number of halogens is 1. The van der Waals surface area contributed by atoms with Gasteiger partial charge in [-0.25, -0.2) is 4.39 Å². The molecule has 102 valence electrons. The Kier molecular flexibility index (Phi) is 5.96. The van der Waals surface area contributed by atoms with Crippen molar-refractivity contribution in [3.63, 3.8) is 0 Å². The summed E-state index contributed by atoms with van der Waals surface area (Å²) in [6, 6.07) is 5.90. The van der Waals surface area contributed by atoms with Gasteiger partial charge in [-0.15, -0.1) is 0 Å². The van der Waals surface area contributed by atoms with E-state index in [-0.39, 0.29) is 19.0 Å². The van der Waals surface area contributed by atoms with Gasteiger partial charge in [0.15, 0.2) is 0 Å². The molecule has 1 rings (SSSR count). The molecule has 1 aromatic carbocycles. The smallest absolute Gasteiger partial charge is 0.317 e. The van der Waals surface area contributed by atoms with Gasteiger partial charge in [0.25, 0.3) is 0 Å². The predicted octanol–water partition coefficient (Wildman–Crippen LogP) is 2.92. The van der Waals surface area contributed by atoms with Crippen molar-refractivity contribution in [2.75, 3.05) is 13.2 Å². The molecule has 0 fully saturated rings. The van der Waals surface area contributed by atoms with Crippen molar-refractivity contribution >= 4 is 7.60 Å². The minimum absolute atomic E-state index is 0.272. The van der Waals surface area contributed by atoms with E-state index in [0.717, 1.165) is 5.56 Å². The van der Waals surface area contributed by atoms with Crippen molar-refractivity contribution < 1.29 is 18.0 Å². The Hall–Kier alpha value is -0.740. The fourth-order valence-corrected chi connectivity index (χ4v) is 3.17. The molecule has 1 atom stereocenters. The lowest BCUT2D eigenvalue weighted by atomic mass is 10.1. The zero-order chi connectivity index (χ0) is 13.6. The summed E-state index contributed by atoms with van der Waals surface area (Å²) in [5.74, 6) is -1.06. The molecular weight excluding hydrogens is 256 g/mol. The van der Waals surface area contributed by atoms with E-state index in [1.54, 1.807) is 26.0 Å². The van der Waals surface area contributed by atoms with E-state index in [0.29, 0.717) is 6.42 Å². The third-order valence-corrected chi connectivity index (χ3v) is 4.61. The molecule has 18 heavy (non-hydrogen) atoms. The Balaban J connectivity index is 2.75. The lowest BCUT2D eigenvalue weighted by Crippen LogP contribution is -2.25. The van der Waals surface area contributed by atoms with Crippen LogP contribution in [0.2, 0.25) is 0 Å². The van der Waals surface area contributed by atoms with E-state index in [9.17, 15) is 8.96 Å². The fourth-order valence-electron chi connectivity index (χ4n) is 1.56. The van der Waals surface area contributed by atoms with Crippen LogP contribution in [0.5, 0.6) is 0 Å². The van der Waals surface area contributed by atoms with Crippen LogP contribution in [0.3, 0.4) is 0 Å². The van der Waals surface area contributed by atoms with Crippen molar-refractivity contribution in [1.82, 2.24) is 0 Å². The molecule has 1 unspecified atom stereocenters. The summed E-state index contributed by atoms with van der Waals surface area (Å²) in [5, 5.41) is 0. The maximum Gasteiger partial charge on any atom is 0.347 e. The summed E-state index contributed by atoms with van der Waals surface area (Å²) in [7, 11) is -3.30. The molecule has 6 heteroatoms. The van der Waals surface area contributed by atoms with Gasteiger partial charge in [0, 0.05) is 0 Å². The summed E-state index contributed by atoms with van der Waals surface area (Å²) in [4.78, 5) is 0. The first kappa shape index (κ1) is 15.3. The maximum absolute atomic E-state index is 12.8. The highest BCUT2D eigenvalue weighted by Crippen LogP contribution is 2.51. The number of nitrogens with two attached hydrogens (primary N) is 1. The molecule has 0 saturated heterocycles. The van der Waals surface area contributed by atoms with Crippen LogP contribution in [0.15, 0.2) is 24.3 Å². The van der Waals surface area contributed by atoms with Crippen molar-refractivity contribution in [2.24, 2.45) is 5.73 Å². The van der Waals surface area contributed by atoms with Gasteiger partial charge in [-0.05, 0) is 38.0 Å². The largest absolute Gasteiger partial charge is 0.347 e. The zero-order valence-electron chi connectivity index (χ0n) is 10.6. The molecule has 0 aliphatic carbocycles. The summed E-state index contributed by atoms with van der Waals surface area (Å²) in [6.45, 7) is 4.01. The number of hydrogen-bond donors (Lipinski definition) is 1. The Morgan fingerprint density at radius 2 is 1.72 bits per heavy atom. The zero-order valence-corrected chi connectivity index (χ0v) is 11.5. The highest BCUT2D eigenvalue weighted by Gasteiger charge is 2.32. The SMILES string of the molecule is CCOP(=O)(OCC)C(N)Cc1ccc(F)cc1. The first-order valence-electron chi connectivity index (χ1n) is 5.90. The standard InChI is InChI=1S/C12H19FNO3P/c1-3-16-18(15,17-4-2)12(14)9-10-5-7-11(13)8-6-10/h5-8,12H,3-4,9,14H2,1-2H3. The molecule has 0 aliphatic rings. The van der Waals surface area contributed by atoms with Crippen molar-refractivity contribution in [3.05, 3.63) is 35.6 Å². The molecular formula is C12H19FNO3P. The minimum atomic E-state index is -3.30. The van der Waals surface area contributed by atoms with Crippen LogP contribution in [0.4, 0.5) is 4.39 Å². The molecule has 4 nitrogen and oxygen atoms in total. The quantitative estimate of drug-likeness (QED) is 0.777. The average Bonchev–Trinajstić information content (AvgIpc) is 2.32. The molecule has 0 bridgehead atoms. The van der Waals surface area contributed by atoms with Crippen LogP contribution in [0.1, 0.15) is 19.4 Å². The first-order valence-corrected chi connectivity index (χ1v) is 7.51. The van der Waals surface area contributed by atoms with Crippen molar-refractivity contribution in [2.45, 2.75) is 26.1 Å². The second-order valence-corrected chi connectivity index (χ2v) is 6.03. The van der Waals surface area contributed by atoms with Gasteiger partial charge in [0.05, 0.1) is 13.2 Å². The molecule has 0 amide bonds. The van der Waals surface area contributed by atoms with Crippen LogP contribution >= 0.6 is 7.60 Å². The van der Waals surface area contributed by atoms with E-state index in [1.165, 1.54) is 12.1 Å². The predicted molar refractivity (Wildman–Crippen MR) is 68.9 cm³/mol. The Labute approximate surface area is 107 Å². The van der Waals surface area contributed by atoms with Crippen molar-refractivity contribution in [3.8, 4) is 0 Å². The van der Waals surface area contributed by atoms with E-state index in [1.807, 2.05) is 0 Å². The van der Waals surface area contributed by atoms with Crippen LogP contribution in [-0.2, 0) is 20.0 Å². The van der Waals surface area contributed by atoms with Crippen LogP contribution in [0, 0.1) is 5.82 Å². The number of rotatable bonds is 7. The summed E-state index contributed by atoms with van der Waals surface area (Å²) in [5.41, 5.74) is 6.68. The minimum Gasteiger partial charge on any atom is -0.317 e. The van der Waals surface area contributed by atoms with E-state index in [4.69, 9.17) is 14.8 Å². The molecule has 0 radical (unpaired) electrons. The Morgan fingerprint density at radius 3 is 2.17 bits per heavy atom. The normalized spacial score (nSPS) is 13.6. The second kappa shape index (κ2) is 7.00. The number of benzene rings is 1. The maximum atomic E-state index is 12.8. The van der Waals surface area contributed by atoms with E-state index < -0.39 is 13.4 Å². The average molecular weight is 275 g/mol. The highest BCUT2D eigenvalue weighted by atomic mass is 31.2. The topological polar surface area (TPSA) is 61.5 Å². The summed E-state index contributed by atoms with van der Waals surface area (Å²) >= 11 is 0. The lowest BCUT2D eigenvalue weighted by molar-refractivity contribution is 0.212. The fraction of sp³-hybridized carbons (Fsp3) is 0.500. The van der Waals surface area contributed by atoms with Gasteiger partial charge in [0.2, 0.25) is 0 Å². The van der Waals surface area contributed by atoms with Gasteiger partial charge >= 0.3 is 7.60 Å². The molecule has 0 spiro atoms. The van der Waals surface area contributed by atoms with Crippen LogP contribution in [-0.4, -0.2) is 19.0 Å². The van der Waals surface area contributed by atoms with Gasteiger partial charge < -0.3 is 14.8 Å².